The molecule has 1 aliphatic heterocycles. The summed E-state index contributed by atoms with van der Waals surface area (Å²) >= 11 is 3.49. The number of aromatic nitrogens is 1. The minimum Gasteiger partial charge on any atom is -0.408 e. The molecule has 0 unspecified atom stereocenters. The summed E-state index contributed by atoms with van der Waals surface area (Å²) < 4.78 is 5.01. The van der Waals surface area contributed by atoms with Gasteiger partial charge in [-0.25, -0.2) is 4.79 Å². The zero-order chi connectivity index (χ0) is 14.4. The Hall–Kier alpha value is -1.79. The van der Waals surface area contributed by atoms with Crippen molar-refractivity contribution < 1.29 is 9.21 Å². The van der Waals surface area contributed by atoms with Gasteiger partial charge in [-0.2, -0.15) is 11.8 Å². The number of thioether (sulfide) groups is 1. The first kappa shape index (κ1) is 12.9. The van der Waals surface area contributed by atoms with Crippen LogP contribution in [-0.4, -0.2) is 16.5 Å². The summed E-state index contributed by atoms with van der Waals surface area (Å²) in [5.74, 6) is 1.61. The second kappa shape index (κ2) is 4.89. The zero-order valence-electron chi connectivity index (χ0n) is 11.0. The Morgan fingerprint density at radius 2 is 2.19 bits per heavy atom. The SMILES string of the molecule is O=C(c1ccc2[nH]c(=O)oc2c1)c1cc2c(s1)CCSC2. The van der Waals surface area contributed by atoms with E-state index in [0.717, 1.165) is 22.8 Å². The average molecular weight is 317 g/mol. The van der Waals surface area contributed by atoms with Crippen LogP contribution in [0.4, 0.5) is 0 Å². The molecular formula is C15H11NO3S2. The average Bonchev–Trinajstić information content (AvgIpc) is 3.07. The summed E-state index contributed by atoms with van der Waals surface area (Å²) in [5.41, 5.74) is 2.87. The third-order valence-electron chi connectivity index (χ3n) is 3.53. The minimum absolute atomic E-state index is 0.00912. The highest BCUT2D eigenvalue weighted by atomic mass is 32.2. The number of carbonyl (C=O) groups excluding carboxylic acids is 1. The number of thiophene rings is 1. The van der Waals surface area contributed by atoms with E-state index >= 15 is 0 Å². The molecule has 0 radical (unpaired) electrons. The summed E-state index contributed by atoms with van der Waals surface area (Å²) in [6, 6.07) is 7.06. The second-order valence-electron chi connectivity index (χ2n) is 4.92. The molecule has 0 saturated heterocycles. The topological polar surface area (TPSA) is 63.1 Å². The zero-order valence-corrected chi connectivity index (χ0v) is 12.6. The Morgan fingerprint density at radius 1 is 1.29 bits per heavy atom. The predicted molar refractivity (Wildman–Crippen MR) is 84.5 cm³/mol. The Labute approximate surface area is 128 Å². The second-order valence-corrected chi connectivity index (χ2v) is 7.16. The number of aromatic amines is 1. The number of hydrogen-bond acceptors (Lipinski definition) is 5. The summed E-state index contributed by atoms with van der Waals surface area (Å²) in [5, 5.41) is 0. The molecule has 4 rings (SSSR count). The number of carbonyl (C=O) groups is 1. The van der Waals surface area contributed by atoms with Gasteiger partial charge < -0.3 is 4.42 Å². The van der Waals surface area contributed by atoms with Gasteiger partial charge in [0, 0.05) is 16.2 Å². The van der Waals surface area contributed by atoms with Crippen molar-refractivity contribution in [3.05, 3.63) is 55.7 Å². The number of rotatable bonds is 2. The third kappa shape index (κ3) is 2.24. The van der Waals surface area contributed by atoms with E-state index in [0.29, 0.717) is 16.7 Å². The van der Waals surface area contributed by atoms with Gasteiger partial charge in [0.25, 0.3) is 0 Å². The first-order valence-electron chi connectivity index (χ1n) is 6.57. The van der Waals surface area contributed by atoms with Crippen LogP contribution in [0.1, 0.15) is 25.7 Å². The lowest BCUT2D eigenvalue weighted by Gasteiger charge is -2.08. The molecule has 6 heteroatoms. The Bertz CT molecular complexity index is 880. The van der Waals surface area contributed by atoms with Crippen LogP contribution in [0.2, 0.25) is 0 Å². The van der Waals surface area contributed by atoms with Crippen LogP contribution in [-0.2, 0) is 12.2 Å². The molecule has 3 heterocycles. The first-order valence-corrected chi connectivity index (χ1v) is 8.55. The number of benzene rings is 1. The van der Waals surface area contributed by atoms with Gasteiger partial charge in [-0.05, 0) is 42.0 Å². The van der Waals surface area contributed by atoms with Crippen LogP contribution in [0.25, 0.3) is 11.1 Å². The van der Waals surface area contributed by atoms with Crippen molar-refractivity contribution in [2.75, 3.05) is 5.75 Å². The fourth-order valence-electron chi connectivity index (χ4n) is 2.49. The monoisotopic (exact) mass is 317 g/mol. The van der Waals surface area contributed by atoms with Crippen LogP contribution >= 0.6 is 23.1 Å². The molecule has 0 spiro atoms. The Kier molecular flexibility index (Phi) is 3.01. The number of H-pyrrole nitrogens is 1. The molecule has 106 valence electrons. The minimum atomic E-state index is -0.502. The molecule has 1 N–H and O–H groups in total. The molecule has 2 aromatic heterocycles. The molecule has 0 fully saturated rings. The van der Waals surface area contributed by atoms with Gasteiger partial charge in [-0.15, -0.1) is 11.3 Å². The maximum atomic E-state index is 12.6. The normalized spacial score (nSPS) is 14.3. The van der Waals surface area contributed by atoms with Crippen LogP contribution in [0.5, 0.6) is 0 Å². The van der Waals surface area contributed by atoms with Crippen LogP contribution in [0.15, 0.2) is 33.5 Å². The number of oxazole rings is 1. The van der Waals surface area contributed by atoms with Crippen molar-refractivity contribution in [3.63, 3.8) is 0 Å². The number of aryl methyl sites for hydroxylation is 1. The smallest absolute Gasteiger partial charge is 0.408 e. The van der Waals surface area contributed by atoms with E-state index in [9.17, 15) is 9.59 Å². The van der Waals surface area contributed by atoms with Crippen molar-refractivity contribution in [2.45, 2.75) is 12.2 Å². The molecular weight excluding hydrogens is 306 g/mol. The highest BCUT2D eigenvalue weighted by Gasteiger charge is 2.19. The van der Waals surface area contributed by atoms with E-state index in [1.807, 2.05) is 17.8 Å². The summed E-state index contributed by atoms with van der Waals surface area (Å²) in [7, 11) is 0. The number of ketones is 1. The molecule has 1 aromatic carbocycles. The molecule has 0 saturated carbocycles. The maximum absolute atomic E-state index is 12.6. The Balaban J connectivity index is 1.75. The van der Waals surface area contributed by atoms with Crippen LogP contribution in [0.3, 0.4) is 0 Å². The quantitative estimate of drug-likeness (QED) is 0.737. The van der Waals surface area contributed by atoms with Crippen molar-refractivity contribution in [3.8, 4) is 0 Å². The largest absolute Gasteiger partial charge is 0.417 e. The van der Waals surface area contributed by atoms with Crippen LogP contribution < -0.4 is 5.76 Å². The van der Waals surface area contributed by atoms with Gasteiger partial charge >= 0.3 is 5.76 Å². The van der Waals surface area contributed by atoms with Gasteiger partial charge in [0.1, 0.15) is 0 Å². The third-order valence-corrected chi connectivity index (χ3v) is 5.78. The number of hydrogen-bond donors (Lipinski definition) is 1. The molecule has 21 heavy (non-hydrogen) atoms. The first-order chi connectivity index (χ1) is 10.2. The van der Waals surface area contributed by atoms with Crippen molar-refractivity contribution in [2.24, 2.45) is 0 Å². The Morgan fingerprint density at radius 3 is 3.05 bits per heavy atom. The fraction of sp³-hybridized carbons (Fsp3) is 0.200. The van der Waals surface area contributed by atoms with Crippen molar-refractivity contribution >= 4 is 40.0 Å². The summed E-state index contributed by atoms with van der Waals surface area (Å²) in [6.07, 6.45) is 1.05. The molecule has 1 aliphatic rings. The van der Waals surface area contributed by atoms with E-state index in [-0.39, 0.29) is 5.78 Å². The fourth-order valence-corrected chi connectivity index (χ4v) is 4.82. The lowest BCUT2D eigenvalue weighted by molar-refractivity contribution is 0.104. The van der Waals surface area contributed by atoms with Crippen LogP contribution in [0, 0.1) is 0 Å². The predicted octanol–water partition coefficient (Wildman–Crippen LogP) is 3.20. The van der Waals surface area contributed by atoms with Crippen molar-refractivity contribution in [1.29, 1.82) is 0 Å². The molecule has 3 aromatic rings. The molecule has 4 nitrogen and oxygen atoms in total. The van der Waals surface area contributed by atoms with E-state index < -0.39 is 5.76 Å². The highest BCUT2D eigenvalue weighted by Crippen LogP contribution is 2.32. The molecule has 0 atom stereocenters. The van der Waals surface area contributed by atoms with E-state index in [1.54, 1.807) is 29.5 Å². The summed E-state index contributed by atoms with van der Waals surface area (Å²) in [4.78, 5) is 28.4. The molecule has 0 bridgehead atoms. The molecule has 0 amide bonds. The van der Waals surface area contributed by atoms with Gasteiger partial charge in [0.2, 0.25) is 5.78 Å². The number of nitrogens with one attached hydrogen (secondary N) is 1. The lowest BCUT2D eigenvalue weighted by Crippen LogP contribution is -1.98. The summed E-state index contributed by atoms with van der Waals surface area (Å²) in [6.45, 7) is 0. The number of fused-ring (bicyclic) bond motifs is 2. The van der Waals surface area contributed by atoms with E-state index in [1.165, 1.54) is 10.4 Å². The lowest BCUT2D eigenvalue weighted by atomic mass is 10.1. The van der Waals surface area contributed by atoms with E-state index in [2.05, 4.69) is 4.98 Å². The molecule has 0 aliphatic carbocycles. The maximum Gasteiger partial charge on any atom is 0.417 e. The standard InChI is InChI=1S/C15H11NO3S2/c17-14(13-6-9-7-20-4-3-12(9)21-13)8-1-2-10-11(5-8)19-15(18)16-10/h1-2,5-6H,3-4,7H2,(H,16,18). The van der Waals surface area contributed by atoms with Gasteiger partial charge in [-0.3, -0.25) is 9.78 Å². The van der Waals surface area contributed by atoms with Gasteiger partial charge in [0.15, 0.2) is 5.58 Å². The van der Waals surface area contributed by atoms with Gasteiger partial charge in [-0.1, -0.05) is 0 Å². The highest BCUT2D eigenvalue weighted by molar-refractivity contribution is 7.98. The van der Waals surface area contributed by atoms with E-state index in [4.69, 9.17) is 4.42 Å². The van der Waals surface area contributed by atoms with Crippen molar-refractivity contribution in [1.82, 2.24) is 4.98 Å². The van der Waals surface area contributed by atoms with Gasteiger partial charge in [0.05, 0.1) is 10.4 Å².